The van der Waals surface area contributed by atoms with Crippen LogP contribution < -0.4 is 0 Å². The lowest BCUT2D eigenvalue weighted by Gasteiger charge is -2.23. The van der Waals surface area contributed by atoms with Crippen molar-refractivity contribution in [1.29, 1.82) is 0 Å². The molecule has 0 aromatic carbocycles. The van der Waals surface area contributed by atoms with Crippen molar-refractivity contribution >= 4 is 0 Å². The largest absolute Gasteiger partial charge is 0.0853 e. The van der Waals surface area contributed by atoms with Crippen LogP contribution in [0.1, 0.15) is 57.8 Å². The Morgan fingerprint density at radius 2 is 1.71 bits per heavy atom. The van der Waals surface area contributed by atoms with Gasteiger partial charge in [-0.1, -0.05) is 18.1 Å². The third-order valence-corrected chi connectivity index (χ3v) is 4.75. The molecule has 0 spiro atoms. The summed E-state index contributed by atoms with van der Waals surface area (Å²) in [6.45, 7) is 0. The van der Waals surface area contributed by atoms with Gasteiger partial charge >= 0.3 is 0 Å². The molecule has 14 heavy (non-hydrogen) atoms. The Kier molecular flexibility index (Phi) is 2.39. The van der Waals surface area contributed by atoms with Gasteiger partial charge in [0.05, 0.1) is 0 Å². The van der Waals surface area contributed by atoms with Crippen LogP contribution in [0.3, 0.4) is 0 Å². The first-order valence-electron chi connectivity index (χ1n) is 6.58. The molecule has 2 fully saturated rings. The standard InChI is InChI=1S/C14H22/c1-2-11-4-5-12-6-7-14(8-11)10-13(3-1)9-12/h2,12-14H,1,3-10H2/t12?,13-,14+/m1/s1. The summed E-state index contributed by atoms with van der Waals surface area (Å²) in [5.41, 5.74) is 1.82. The van der Waals surface area contributed by atoms with Gasteiger partial charge in [0.2, 0.25) is 0 Å². The monoisotopic (exact) mass is 190 g/mol. The molecule has 0 radical (unpaired) electrons. The molecule has 3 rings (SSSR count). The number of fused-ring (bicyclic) bond motifs is 4. The van der Waals surface area contributed by atoms with Crippen LogP contribution in [-0.4, -0.2) is 0 Å². The average molecular weight is 190 g/mol. The number of allylic oxidation sites excluding steroid dienone is 2. The summed E-state index contributed by atoms with van der Waals surface area (Å²) in [4.78, 5) is 0. The van der Waals surface area contributed by atoms with Crippen LogP contribution in [0.4, 0.5) is 0 Å². The molecule has 0 aromatic heterocycles. The van der Waals surface area contributed by atoms with E-state index >= 15 is 0 Å². The predicted octanol–water partition coefficient (Wildman–Crippen LogP) is 4.31. The number of rotatable bonds is 0. The molecule has 0 saturated heterocycles. The lowest BCUT2D eigenvalue weighted by atomic mass is 9.83. The summed E-state index contributed by atoms with van der Waals surface area (Å²) in [7, 11) is 0. The van der Waals surface area contributed by atoms with Gasteiger partial charge in [-0.2, -0.15) is 0 Å². The molecule has 0 aromatic rings. The maximum atomic E-state index is 2.59. The zero-order valence-corrected chi connectivity index (χ0v) is 9.17. The van der Waals surface area contributed by atoms with Crippen LogP contribution in [0, 0.1) is 17.8 Å². The summed E-state index contributed by atoms with van der Waals surface area (Å²) in [6, 6.07) is 0. The van der Waals surface area contributed by atoms with Gasteiger partial charge in [-0.15, -0.1) is 0 Å². The van der Waals surface area contributed by atoms with Crippen molar-refractivity contribution in [3.63, 3.8) is 0 Å². The van der Waals surface area contributed by atoms with Gasteiger partial charge in [0.15, 0.2) is 0 Å². The van der Waals surface area contributed by atoms with E-state index in [4.69, 9.17) is 0 Å². The SMILES string of the molecule is C1=C2CCC3CC[C@@H](C2)C[C@H](CC1)C3. The molecule has 0 amide bonds. The molecule has 1 unspecified atom stereocenters. The van der Waals surface area contributed by atoms with Crippen molar-refractivity contribution in [2.24, 2.45) is 17.8 Å². The van der Waals surface area contributed by atoms with Gasteiger partial charge in [-0.05, 0) is 69.1 Å². The molecule has 0 nitrogen and oxygen atoms in total. The van der Waals surface area contributed by atoms with Gasteiger partial charge in [0.25, 0.3) is 0 Å². The first-order chi connectivity index (χ1) is 6.90. The molecule has 3 aliphatic carbocycles. The predicted molar refractivity (Wildman–Crippen MR) is 60.1 cm³/mol. The van der Waals surface area contributed by atoms with Gasteiger partial charge < -0.3 is 0 Å². The molecular formula is C14H22. The summed E-state index contributed by atoms with van der Waals surface area (Å²) in [5.74, 6) is 3.24. The summed E-state index contributed by atoms with van der Waals surface area (Å²) >= 11 is 0. The van der Waals surface area contributed by atoms with Crippen molar-refractivity contribution in [2.75, 3.05) is 0 Å². The van der Waals surface area contributed by atoms with Crippen LogP contribution in [0.2, 0.25) is 0 Å². The second-order valence-corrected chi connectivity index (χ2v) is 5.83. The fourth-order valence-corrected chi connectivity index (χ4v) is 4.00. The molecule has 4 bridgehead atoms. The van der Waals surface area contributed by atoms with Crippen molar-refractivity contribution in [3.8, 4) is 0 Å². The Labute approximate surface area is 87.8 Å². The lowest BCUT2D eigenvalue weighted by Crippen LogP contribution is -2.09. The highest BCUT2D eigenvalue weighted by Crippen LogP contribution is 2.43. The zero-order valence-electron chi connectivity index (χ0n) is 9.17. The summed E-state index contributed by atoms with van der Waals surface area (Å²) in [6.07, 6.45) is 16.1. The molecule has 0 N–H and O–H groups in total. The van der Waals surface area contributed by atoms with E-state index in [2.05, 4.69) is 6.08 Å². The summed E-state index contributed by atoms with van der Waals surface area (Å²) in [5, 5.41) is 0. The maximum absolute atomic E-state index is 2.59. The Morgan fingerprint density at radius 1 is 0.857 bits per heavy atom. The summed E-state index contributed by atoms with van der Waals surface area (Å²) < 4.78 is 0. The quantitative estimate of drug-likeness (QED) is 0.499. The highest BCUT2D eigenvalue weighted by Gasteiger charge is 2.29. The van der Waals surface area contributed by atoms with Crippen molar-refractivity contribution in [3.05, 3.63) is 11.6 Å². The Morgan fingerprint density at radius 3 is 2.71 bits per heavy atom. The Balaban J connectivity index is 1.91. The molecule has 0 heteroatoms. The minimum absolute atomic E-state index is 1.07. The van der Waals surface area contributed by atoms with E-state index in [1.54, 1.807) is 25.7 Å². The number of hydrogen-bond acceptors (Lipinski definition) is 0. The van der Waals surface area contributed by atoms with E-state index in [1.807, 2.05) is 5.57 Å². The van der Waals surface area contributed by atoms with E-state index in [-0.39, 0.29) is 0 Å². The van der Waals surface area contributed by atoms with Gasteiger partial charge in [0.1, 0.15) is 0 Å². The number of hydrogen-bond donors (Lipinski definition) is 0. The first kappa shape index (κ1) is 9.00. The van der Waals surface area contributed by atoms with Crippen LogP contribution in [0.25, 0.3) is 0 Å². The Bertz CT molecular complexity index is 238. The topological polar surface area (TPSA) is 0 Å². The van der Waals surface area contributed by atoms with Crippen LogP contribution >= 0.6 is 0 Å². The van der Waals surface area contributed by atoms with Crippen LogP contribution in [0.5, 0.6) is 0 Å². The molecule has 3 atom stereocenters. The third kappa shape index (κ3) is 1.76. The van der Waals surface area contributed by atoms with Crippen molar-refractivity contribution in [2.45, 2.75) is 57.8 Å². The average Bonchev–Trinajstić information content (AvgIpc) is 2.20. The molecule has 78 valence electrons. The van der Waals surface area contributed by atoms with E-state index in [9.17, 15) is 0 Å². The van der Waals surface area contributed by atoms with E-state index in [0.717, 1.165) is 17.8 Å². The van der Waals surface area contributed by atoms with E-state index < -0.39 is 0 Å². The van der Waals surface area contributed by atoms with E-state index in [1.165, 1.54) is 32.1 Å². The maximum Gasteiger partial charge on any atom is -0.0292 e. The molecule has 0 heterocycles. The van der Waals surface area contributed by atoms with Crippen molar-refractivity contribution < 1.29 is 0 Å². The highest BCUT2D eigenvalue weighted by atomic mass is 14.3. The minimum atomic E-state index is 1.07. The van der Waals surface area contributed by atoms with Gasteiger partial charge in [0, 0.05) is 0 Å². The fraction of sp³-hybridized carbons (Fsp3) is 0.857. The second kappa shape index (κ2) is 3.72. The highest BCUT2D eigenvalue weighted by molar-refractivity contribution is 5.07. The van der Waals surface area contributed by atoms with E-state index in [0.29, 0.717) is 0 Å². The molecule has 3 aliphatic rings. The minimum Gasteiger partial charge on any atom is -0.0853 e. The fourth-order valence-electron chi connectivity index (χ4n) is 4.00. The van der Waals surface area contributed by atoms with Crippen LogP contribution in [0.15, 0.2) is 11.6 Å². The third-order valence-electron chi connectivity index (χ3n) is 4.75. The normalized spacial score (nSPS) is 42.3. The van der Waals surface area contributed by atoms with Gasteiger partial charge in [-0.25, -0.2) is 0 Å². The Hall–Kier alpha value is -0.260. The zero-order chi connectivity index (χ0) is 9.38. The lowest BCUT2D eigenvalue weighted by molar-refractivity contribution is 0.339. The van der Waals surface area contributed by atoms with Crippen molar-refractivity contribution in [1.82, 2.24) is 0 Å². The molecular weight excluding hydrogens is 168 g/mol. The van der Waals surface area contributed by atoms with Gasteiger partial charge in [-0.3, -0.25) is 0 Å². The van der Waals surface area contributed by atoms with Crippen LogP contribution in [-0.2, 0) is 0 Å². The smallest absolute Gasteiger partial charge is 0.0292 e. The molecule has 0 aliphatic heterocycles. The molecule has 2 saturated carbocycles. The first-order valence-corrected chi connectivity index (χ1v) is 6.58. The second-order valence-electron chi connectivity index (χ2n) is 5.83.